The standard InChI is InChI=1S/C23H21ClN2O3.ClH/c24-17-4-7-22-21(15-17)25-23(29-22)20-3-1-2-16-14-18(5-6-19(16)20)28-13-10-26-8-11-27-12-9-26;/h1-7,14-15H,8-13H2;1H. The minimum Gasteiger partial charge on any atom is -0.492 e. The van der Waals surface area contributed by atoms with Gasteiger partial charge >= 0.3 is 0 Å². The Hall–Kier alpha value is -2.31. The molecule has 5 nitrogen and oxygen atoms in total. The number of aromatic nitrogens is 1. The second-order valence-electron chi connectivity index (χ2n) is 7.12. The molecule has 7 heteroatoms. The fourth-order valence-corrected chi connectivity index (χ4v) is 3.84. The molecule has 1 aliphatic heterocycles. The van der Waals surface area contributed by atoms with E-state index in [9.17, 15) is 0 Å². The van der Waals surface area contributed by atoms with E-state index in [0.717, 1.165) is 66.0 Å². The van der Waals surface area contributed by atoms with Gasteiger partial charge in [-0.2, -0.15) is 0 Å². The van der Waals surface area contributed by atoms with Crippen molar-refractivity contribution in [3.63, 3.8) is 0 Å². The van der Waals surface area contributed by atoms with Crippen LogP contribution in [0.1, 0.15) is 0 Å². The van der Waals surface area contributed by atoms with Gasteiger partial charge in [0, 0.05) is 30.2 Å². The molecule has 0 radical (unpaired) electrons. The molecule has 30 heavy (non-hydrogen) atoms. The van der Waals surface area contributed by atoms with Crippen molar-refractivity contribution in [2.24, 2.45) is 0 Å². The highest BCUT2D eigenvalue weighted by Crippen LogP contribution is 2.33. The number of nitrogens with zero attached hydrogens (tertiary/aromatic N) is 2. The highest BCUT2D eigenvalue weighted by atomic mass is 35.5. The van der Waals surface area contributed by atoms with Crippen LogP contribution >= 0.6 is 24.0 Å². The molecule has 2 heterocycles. The zero-order valence-corrected chi connectivity index (χ0v) is 17.9. The van der Waals surface area contributed by atoms with Crippen LogP contribution in [0.25, 0.3) is 33.3 Å². The van der Waals surface area contributed by atoms with Crippen LogP contribution in [0.4, 0.5) is 0 Å². The number of ether oxygens (including phenoxy) is 2. The summed E-state index contributed by atoms with van der Waals surface area (Å²) in [5, 5.41) is 2.81. The first kappa shape index (κ1) is 20.9. The number of oxazole rings is 1. The number of rotatable bonds is 5. The van der Waals surface area contributed by atoms with Crippen LogP contribution in [0.3, 0.4) is 0 Å². The molecule has 1 fully saturated rings. The zero-order valence-electron chi connectivity index (χ0n) is 16.3. The Morgan fingerprint density at radius 2 is 1.90 bits per heavy atom. The normalized spacial score (nSPS) is 14.7. The van der Waals surface area contributed by atoms with Crippen LogP contribution in [-0.2, 0) is 4.74 Å². The van der Waals surface area contributed by atoms with E-state index in [-0.39, 0.29) is 12.4 Å². The average Bonchev–Trinajstić information content (AvgIpc) is 3.17. The van der Waals surface area contributed by atoms with Crippen molar-refractivity contribution >= 4 is 45.9 Å². The summed E-state index contributed by atoms with van der Waals surface area (Å²) in [5.41, 5.74) is 2.44. The summed E-state index contributed by atoms with van der Waals surface area (Å²) in [6.07, 6.45) is 0. The number of benzene rings is 3. The molecule has 0 unspecified atom stereocenters. The van der Waals surface area contributed by atoms with Gasteiger partial charge in [-0.25, -0.2) is 4.98 Å². The van der Waals surface area contributed by atoms with Gasteiger partial charge in [0.2, 0.25) is 5.89 Å². The van der Waals surface area contributed by atoms with Crippen LogP contribution in [0.15, 0.2) is 59.0 Å². The van der Waals surface area contributed by atoms with Crippen molar-refractivity contribution in [2.45, 2.75) is 0 Å². The molecule has 0 amide bonds. The van der Waals surface area contributed by atoms with E-state index in [4.69, 9.17) is 25.5 Å². The summed E-state index contributed by atoms with van der Waals surface area (Å²) < 4.78 is 17.3. The highest BCUT2D eigenvalue weighted by Gasteiger charge is 2.13. The zero-order chi connectivity index (χ0) is 19.6. The molecule has 5 rings (SSSR count). The minimum absolute atomic E-state index is 0. The lowest BCUT2D eigenvalue weighted by Crippen LogP contribution is -2.38. The molecule has 1 aliphatic rings. The summed E-state index contributed by atoms with van der Waals surface area (Å²) in [6, 6.07) is 17.7. The third-order valence-corrected chi connectivity index (χ3v) is 5.45. The molecule has 156 valence electrons. The molecule has 1 saturated heterocycles. The molecule has 1 aromatic heterocycles. The molecular formula is C23H22Cl2N2O3. The average molecular weight is 445 g/mol. The Balaban J connectivity index is 0.00000218. The van der Waals surface area contributed by atoms with Crippen LogP contribution in [-0.4, -0.2) is 49.3 Å². The lowest BCUT2D eigenvalue weighted by molar-refractivity contribution is 0.0322. The first-order chi connectivity index (χ1) is 14.3. The van der Waals surface area contributed by atoms with Crippen LogP contribution in [0.5, 0.6) is 5.75 Å². The molecule has 0 atom stereocenters. The molecule has 0 spiro atoms. The second-order valence-corrected chi connectivity index (χ2v) is 7.56. The number of hydrogen-bond acceptors (Lipinski definition) is 5. The quantitative estimate of drug-likeness (QED) is 0.410. The number of halogens is 2. The summed E-state index contributed by atoms with van der Waals surface area (Å²) in [4.78, 5) is 6.98. The van der Waals surface area contributed by atoms with Gasteiger partial charge in [-0.3, -0.25) is 4.90 Å². The second kappa shape index (κ2) is 9.23. The molecule has 0 aliphatic carbocycles. The van der Waals surface area contributed by atoms with E-state index in [1.54, 1.807) is 0 Å². The number of fused-ring (bicyclic) bond motifs is 2. The van der Waals surface area contributed by atoms with Gasteiger partial charge in [-0.15, -0.1) is 12.4 Å². The SMILES string of the molecule is Cl.Clc1ccc2oc(-c3cccc4cc(OCCN5CCOCC5)ccc34)nc2c1. The van der Waals surface area contributed by atoms with Crippen LogP contribution in [0.2, 0.25) is 5.02 Å². The Morgan fingerprint density at radius 1 is 1.03 bits per heavy atom. The lowest BCUT2D eigenvalue weighted by atomic mass is 10.0. The maximum Gasteiger partial charge on any atom is 0.227 e. The molecule has 0 bridgehead atoms. The smallest absolute Gasteiger partial charge is 0.227 e. The van der Waals surface area contributed by atoms with Crippen molar-refractivity contribution < 1.29 is 13.9 Å². The molecule has 0 saturated carbocycles. The predicted molar refractivity (Wildman–Crippen MR) is 122 cm³/mol. The minimum atomic E-state index is 0. The van der Waals surface area contributed by atoms with E-state index in [1.807, 2.05) is 36.4 Å². The third kappa shape index (κ3) is 4.40. The third-order valence-electron chi connectivity index (χ3n) is 5.21. The fraction of sp³-hybridized carbons (Fsp3) is 0.261. The van der Waals surface area contributed by atoms with E-state index in [0.29, 0.717) is 17.5 Å². The summed E-state index contributed by atoms with van der Waals surface area (Å²) >= 11 is 6.07. The summed E-state index contributed by atoms with van der Waals surface area (Å²) in [7, 11) is 0. The van der Waals surface area contributed by atoms with E-state index in [2.05, 4.69) is 28.1 Å². The van der Waals surface area contributed by atoms with Gasteiger partial charge in [0.15, 0.2) is 5.58 Å². The Labute approximate surface area is 185 Å². The van der Waals surface area contributed by atoms with Crippen molar-refractivity contribution in [2.75, 3.05) is 39.5 Å². The van der Waals surface area contributed by atoms with Crippen molar-refractivity contribution in [1.29, 1.82) is 0 Å². The van der Waals surface area contributed by atoms with Crippen molar-refractivity contribution in [1.82, 2.24) is 9.88 Å². The maximum atomic E-state index is 6.07. The molecule has 0 N–H and O–H groups in total. The largest absolute Gasteiger partial charge is 0.492 e. The van der Waals surface area contributed by atoms with Crippen molar-refractivity contribution in [3.8, 4) is 17.2 Å². The summed E-state index contributed by atoms with van der Waals surface area (Å²) in [6.45, 7) is 5.13. The van der Waals surface area contributed by atoms with Gasteiger partial charge < -0.3 is 13.9 Å². The fourth-order valence-electron chi connectivity index (χ4n) is 3.67. The first-order valence-electron chi connectivity index (χ1n) is 9.78. The monoisotopic (exact) mass is 444 g/mol. The van der Waals surface area contributed by atoms with E-state index in [1.165, 1.54) is 0 Å². The van der Waals surface area contributed by atoms with Gasteiger partial charge in [0.05, 0.1) is 13.2 Å². The van der Waals surface area contributed by atoms with Crippen LogP contribution in [0, 0.1) is 0 Å². The molecule has 4 aromatic rings. The van der Waals surface area contributed by atoms with E-state index < -0.39 is 0 Å². The topological polar surface area (TPSA) is 47.7 Å². The predicted octanol–water partition coefficient (Wildman–Crippen LogP) is 5.43. The van der Waals surface area contributed by atoms with Gasteiger partial charge in [0.25, 0.3) is 0 Å². The Kier molecular flexibility index (Phi) is 6.44. The molecular weight excluding hydrogens is 423 g/mol. The number of morpholine rings is 1. The van der Waals surface area contributed by atoms with Crippen molar-refractivity contribution in [3.05, 3.63) is 59.6 Å². The molecule has 3 aromatic carbocycles. The highest BCUT2D eigenvalue weighted by molar-refractivity contribution is 6.31. The van der Waals surface area contributed by atoms with Gasteiger partial charge in [-0.1, -0.05) is 23.7 Å². The van der Waals surface area contributed by atoms with E-state index >= 15 is 0 Å². The maximum absolute atomic E-state index is 6.07. The van der Waals surface area contributed by atoms with Crippen LogP contribution < -0.4 is 4.74 Å². The Bertz CT molecular complexity index is 1160. The lowest BCUT2D eigenvalue weighted by Gasteiger charge is -2.26. The van der Waals surface area contributed by atoms with Gasteiger partial charge in [-0.05, 0) is 53.2 Å². The summed E-state index contributed by atoms with van der Waals surface area (Å²) in [5.74, 6) is 1.46. The first-order valence-corrected chi connectivity index (χ1v) is 10.2. The van der Waals surface area contributed by atoms with Gasteiger partial charge in [0.1, 0.15) is 17.9 Å². The Morgan fingerprint density at radius 3 is 2.77 bits per heavy atom. The number of hydrogen-bond donors (Lipinski definition) is 0.